The fourth-order valence-corrected chi connectivity index (χ4v) is 2.00. The van der Waals surface area contributed by atoms with Crippen LogP contribution in [-0.4, -0.2) is 75.3 Å². The lowest BCUT2D eigenvalue weighted by Gasteiger charge is -2.26. The third-order valence-electron chi connectivity index (χ3n) is 2.98. The Morgan fingerprint density at radius 1 is 1.23 bits per heavy atom. The summed E-state index contributed by atoms with van der Waals surface area (Å²) in [6.07, 6.45) is 0. The molecule has 0 aromatic heterocycles. The molecule has 130 valence electrons. The number of nitrogens with zero attached hydrogens (tertiary/aromatic N) is 2. The zero-order valence-electron chi connectivity index (χ0n) is 14.1. The van der Waals surface area contributed by atoms with Crippen LogP contribution in [0.3, 0.4) is 0 Å². The number of carbonyl (C=O) groups is 1. The number of hydrogen-bond acceptors (Lipinski definition) is 4. The van der Waals surface area contributed by atoms with E-state index in [9.17, 15) is 4.79 Å². The Kier molecular flexibility index (Phi) is 10.7. The molecule has 0 radical (unpaired) electrons. The number of hydrogen-bond donors (Lipinski definition) is 3. The van der Waals surface area contributed by atoms with Crippen molar-refractivity contribution < 1.29 is 9.53 Å². The molecule has 1 saturated heterocycles. The highest BCUT2D eigenvalue weighted by atomic mass is 127. The van der Waals surface area contributed by atoms with Gasteiger partial charge in [0.05, 0.1) is 19.8 Å². The Labute approximate surface area is 150 Å². The van der Waals surface area contributed by atoms with E-state index in [1.165, 1.54) is 0 Å². The number of rotatable bonds is 5. The van der Waals surface area contributed by atoms with Crippen molar-refractivity contribution in [1.82, 2.24) is 20.9 Å². The molecule has 1 aliphatic heterocycles. The normalized spacial score (nSPS) is 16.6. The average molecular weight is 427 g/mol. The molecule has 0 aliphatic carbocycles. The maximum absolute atomic E-state index is 11.7. The molecule has 22 heavy (non-hydrogen) atoms. The number of halogens is 1. The van der Waals surface area contributed by atoms with Gasteiger partial charge in [-0.3, -0.25) is 14.7 Å². The molecule has 0 saturated carbocycles. The van der Waals surface area contributed by atoms with E-state index in [1.807, 2.05) is 20.8 Å². The summed E-state index contributed by atoms with van der Waals surface area (Å²) >= 11 is 0. The van der Waals surface area contributed by atoms with Crippen molar-refractivity contribution in [3.8, 4) is 0 Å². The summed E-state index contributed by atoms with van der Waals surface area (Å²) in [7, 11) is 1.70. The van der Waals surface area contributed by atoms with Crippen LogP contribution in [0.15, 0.2) is 4.99 Å². The van der Waals surface area contributed by atoms with Crippen molar-refractivity contribution in [2.75, 3.05) is 53.0 Å². The van der Waals surface area contributed by atoms with E-state index in [-0.39, 0.29) is 42.0 Å². The second-order valence-electron chi connectivity index (χ2n) is 6.10. The van der Waals surface area contributed by atoms with Crippen molar-refractivity contribution in [2.24, 2.45) is 4.99 Å². The van der Waals surface area contributed by atoms with Crippen molar-refractivity contribution in [3.05, 3.63) is 0 Å². The standard InChI is InChI=1S/C14H29N5O2.HI/c1-14(2,3)18-12(20)11-17-13(15-4)16-5-6-19-7-9-21-10-8-19;/h5-11H2,1-4H3,(H,18,20)(H2,15,16,17);1H. The van der Waals surface area contributed by atoms with Gasteiger partial charge in [-0.25, -0.2) is 0 Å². The van der Waals surface area contributed by atoms with E-state index in [4.69, 9.17) is 4.74 Å². The maximum atomic E-state index is 11.7. The summed E-state index contributed by atoms with van der Waals surface area (Å²) in [5.41, 5.74) is -0.216. The highest BCUT2D eigenvalue weighted by Crippen LogP contribution is 1.97. The SMILES string of the molecule is CN=C(NCCN1CCOCC1)NCC(=O)NC(C)(C)C.I. The van der Waals surface area contributed by atoms with Gasteiger partial charge in [0, 0.05) is 38.8 Å². The predicted octanol–water partition coefficient (Wildman–Crippen LogP) is 0.0163. The predicted molar refractivity (Wildman–Crippen MR) is 99.9 cm³/mol. The Balaban J connectivity index is 0.00000441. The van der Waals surface area contributed by atoms with Gasteiger partial charge in [0.25, 0.3) is 0 Å². The van der Waals surface area contributed by atoms with E-state index in [0.717, 1.165) is 39.4 Å². The van der Waals surface area contributed by atoms with Crippen molar-refractivity contribution in [3.63, 3.8) is 0 Å². The number of nitrogens with one attached hydrogen (secondary N) is 3. The highest BCUT2D eigenvalue weighted by Gasteiger charge is 2.14. The monoisotopic (exact) mass is 427 g/mol. The van der Waals surface area contributed by atoms with E-state index in [2.05, 4.69) is 25.8 Å². The second kappa shape index (κ2) is 11.0. The van der Waals surface area contributed by atoms with Gasteiger partial charge in [-0.05, 0) is 20.8 Å². The lowest BCUT2D eigenvalue weighted by molar-refractivity contribution is -0.121. The smallest absolute Gasteiger partial charge is 0.239 e. The minimum absolute atomic E-state index is 0. The molecule has 3 N–H and O–H groups in total. The van der Waals surface area contributed by atoms with Crippen LogP contribution in [0.2, 0.25) is 0 Å². The number of carbonyl (C=O) groups excluding carboxylic acids is 1. The Bertz CT molecular complexity index is 352. The zero-order chi connectivity index (χ0) is 15.7. The maximum Gasteiger partial charge on any atom is 0.239 e. The minimum Gasteiger partial charge on any atom is -0.379 e. The van der Waals surface area contributed by atoms with Gasteiger partial charge in [0.2, 0.25) is 5.91 Å². The third-order valence-corrected chi connectivity index (χ3v) is 2.98. The molecule has 1 aliphatic rings. The molecule has 0 unspecified atom stereocenters. The first-order chi connectivity index (χ1) is 9.90. The third kappa shape index (κ3) is 10.2. The fraction of sp³-hybridized carbons (Fsp3) is 0.857. The molecular weight excluding hydrogens is 397 g/mol. The summed E-state index contributed by atoms with van der Waals surface area (Å²) in [6.45, 7) is 11.4. The molecule has 1 rings (SSSR count). The van der Waals surface area contributed by atoms with Gasteiger partial charge in [-0.2, -0.15) is 0 Å². The molecule has 1 fully saturated rings. The Morgan fingerprint density at radius 2 is 1.86 bits per heavy atom. The van der Waals surface area contributed by atoms with Crippen LogP contribution in [0.25, 0.3) is 0 Å². The van der Waals surface area contributed by atoms with E-state index in [1.54, 1.807) is 7.05 Å². The largest absolute Gasteiger partial charge is 0.379 e. The molecule has 7 nitrogen and oxygen atoms in total. The van der Waals surface area contributed by atoms with Gasteiger partial charge in [-0.15, -0.1) is 24.0 Å². The topological polar surface area (TPSA) is 78.0 Å². The molecule has 0 spiro atoms. The molecule has 1 amide bonds. The van der Waals surface area contributed by atoms with E-state index >= 15 is 0 Å². The molecule has 0 atom stereocenters. The van der Waals surface area contributed by atoms with Gasteiger partial charge in [0.15, 0.2) is 5.96 Å². The van der Waals surface area contributed by atoms with Crippen molar-refractivity contribution in [2.45, 2.75) is 26.3 Å². The van der Waals surface area contributed by atoms with Gasteiger partial charge < -0.3 is 20.7 Å². The molecule has 0 aromatic rings. The van der Waals surface area contributed by atoms with Gasteiger partial charge >= 0.3 is 0 Å². The quantitative estimate of drug-likeness (QED) is 0.328. The fourth-order valence-electron chi connectivity index (χ4n) is 2.00. The van der Waals surface area contributed by atoms with Gasteiger partial charge in [-0.1, -0.05) is 0 Å². The first-order valence-corrected chi connectivity index (χ1v) is 7.46. The molecule has 0 aromatic carbocycles. The van der Waals surface area contributed by atoms with Crippen LogP contribution < -0.4 is 16.0 Å². The summed E-state index contributed by atoms with van der Waals surface area (Å²) in [6, 6.07) is 0. The van der Waals surface area contributed by atoms with Crippen LogP contribution >= 0.6 is 24.0 Å². The number of morpholine rings is 1. The molecule has 0 bridgehead atoms. The van der Waals surface area contributed by atoms with Crippen LogP contribution in [-0.2, 0) is 9.53 Å². The van der Waals surface area contributed by atoms with Crippen molar-refractivity contribution >= 4 is 35.8 Å². The first-order valence-electron chi connectivity index (χ1n) is 7.46. The zero-order valence-corrected chi connectivity index (χ0v) is 16.4. The van der Waals surface area contributed by atoms with Crippen LogP contribution in [0.1, 0.15) is 20.8 Å². The number of guanidine groups is 1. The van der Waals surface area contributed by atoms with Crippen molar-refractivity contribution in [1.29, 1.82) is 0 Å². The summed E-state index contributed by atoms with van der Waals surface area (Å²) in [5.74, 6) is 0.603. The van der Waals surface area contributed by atoms with Crippen LogP contribution in [0, 0.1) is 0 Å². The van der Waals surface area contributed by atoms with Crippen LogP contribution in [0.5, 0.6) is 0 Å². The summed E-state index contributed by atoms with van der Waals surface area (Å²) in [5, 5.41) is 9.12. The van der Waals surface area contributed by atoms with E-state index in [0.29, 0.717) is 5.96 Å². The molecule has 1 heterocycles. The van der Waals surface area contributed by atoms with Gasteiger partial charge in [0.1, 0.15) is 0 Å². The summed E-state index contributed by atoms with van der Waals surface area (Å²) in [4.78, 5) is 18.2. The molecule has 8 heteroatoms. The number of ether oxygens (including phenoxy) is 1. The van der Waals surface area contributed by atoms with Crippen LogP contribution in [0.4, 0.5) is 0 Å². The number of amides is 1. The average Bonchev–Trinajstić information content (AvgIpc) is 2.42. The lowest BCUT2D eigenvalue weighted by Crippen LogP contribution is -2.49. The first kappa shape index (κ1) is 21.4. The molecular formula is C14H30IN5O2. The Morgan fingerprint density at radius 3 is 2.41 bits per heavy atom. The van der Waals surface area contributed by atoms with E-state index < -0.39 is 0 Å². The lowest BCUT2D eigenvalue weighted by atomic mass is 10.1. The second-order valence-corrected chi connectivity index (χ2v) is 6.10. The highest BCUT2D eigenvalue weighted by molar-refractivity contribution is 14.0. The summed E-state index contributed by atoms with van der Waals surface area (Å²) < 4.78 is 5.31. The minimum atomic E-state index is -0.216. The number of aliphatic imine (C=N–C) groups is 1. The Hall–Kier alpha value is -0.610.